The Hall–Kier alpha value is -2.75. The maximum Gasteiger partial charge on any atom is 0.226 e. The Morgan fingerprint density at radius 3 is 2.88 bits per heavy atom. The lowest BCUT2D eigenvalue weighted by Crippen LogP contribution is -2.08. The predicted octanol–water partition coefficient (Wildman–Crippen LogP) is 4.55. The van der Waals surface area contributed by atoms with E-state index in [0.29, 0.717) is 12.5 Å². The van der Waals surface area contributed by atoms with Crippen molar-refractivity contribution in [1.29, 1.82) is 0 Å². The summed E-state index contributed by atoms with van der Waals surface area (Å²) in [5, 5.41) is 0. The summed E-state index contributed by atoms with van der Waals surface area (Å²) in [7, 11) is 0. The van der Waals surface area contributed by atoms with Gasteiger partial charge in [-0.2, -0.15) is 0 Å². The molecular formula is C20H19NO3. The van der Waals surface area contributed by atoms with Crippen molar-refractivity contribution in [2.24, 2.45) is 0 Å². The van der Waals surface area contributed by atoms with E-state index in [2.05, 4.69) is 11.1 Å². The number of rotatable bonds is 4. The van der Waals surface area contributed by atoms with E-state index < -0.39 is 0 Å². The van der Waals surface area contributed by atoms with Crippen molar-refractivity contribution in [3.63, 3.8) is 0 Å². The fourth-order valence-electron chi connectivity index (χ4n) is 2.83. The van der Waals surface area contributed by atoms with Crippen LogP contribution in [0.3, 0.4) is 0 Å². The first-order valence-electron chi connectivity index (χ1n) is 8.20. The zero-order chi connectivity index (χ0) is 16.4. The van der Waals surface area contributed by atoms with Crippen LogP contribution in [-0.2, 0) is 13.0 Å². The molecule has 4 nitrogen and oxygen atoms in total. The maximum absolute atomic E-state index is 5.89. The van der Waals surface area contributed by atoms with Crippen LogP contribution in [0.25, 0.3) is 11.5 Å². The second-order valence-corrected chi connectivity index (χ2v) is 5.90. The van der Waals surface area contributed by atoms with Crippen LogP contribution >= 0.6 is 0 Å². The number of hydrogen-bond acceptors (Lipinski definition) is 4. The van der Waals surface area contributed by atoms with E-state index in [1.165, 1.54) is 5.56 Å². The molecule has 4 heteroatoms. The van der Waals surface area contributed by atoms with Crippen LogP contribution in [0.2, 0.25) is 0 Å². The average Bonchev–Trinajstić information content (AvgIpc) is 3.01. The fraction of sp³-hybridized carbons (Fsp3) is 0.250. The van der Waals surface area contributed by atoms with Gasteiger partial charge in [0.2, 0.25) is 5.89 Å². The SMILES string of the molecule is Cc1oc(-c2ccccc2)nc1COc1ccc2c(c1)OCCC2. The molecule has 0 amide bonds. The smallest absolute Gasteiger partial charge is 0.226 e. The van der Waals surface area contributed by atoms with Gasteiger partial charge in [0.25, 0.3) is 0 Å². The molecule has 0 unspecified atom stereocenters. The highest BCUT2D eigenvalue weighted by molar-refractivity contribution is 5.53. The highest BCUT2D eigenvalue weighted by Crippen LogP contribution is 2.30. The third kappa shape index (κ3) is 3.00. The molecule has 4 rings (SSSR count). The van der Waals surface area contributed by atoms with Gasteiger partial charge >= 0.3 is 0 Å². The number of aromatic nitrogens is 1. The quantitative estimate of drug-likeness (QED) is 0.707. The molecule has 2 aromatic carbocycles. The highest BCUT2D eigenvalue weighted by atomic mass is 16.5. The molecule has 0 saturated heterocycles. The molecule has 3 aromatic rings. The Morgan fingerprint density at radius 2 is 2.00 bits per heavy atom. The molecule has 0 fully saturated rings. The van der Waals surface area contributed by atoms with Gasteiger partial charge in [-0.25, -0.2) is 4.98 Å². The first-order chi connectivity index (χ1) is 11.8. The Kier molecular flexibility index (Phi) is 3.95. The van der Waals surface area contributed by atoms with Gasteiger partial charge in [0.15, 0.2) is 0 Å². The molecule has 0 spiro atoms. The molecule has 24 heavy (non-hydrogen) atoms. The zero-order valence-corrected chi connectivity index (χ0v) is 13.6. The van der Waals surface area contributed by atoms with Gasteiger partial charge < -0.3 is 13.9 Å². The number of nitrogens with zero attached hydrogens (tertiary/aromatic N) is 1. The molecule has 0 radical (unpaired) electrons. The molecule has 2 heterocycles. The average molecular weight is 321 g/mol. The van der Waals surface area contributed by atoms with E-state index in [0.717, 1.165) is 48.0 Å². The van der Waals surface area contributed by atoms with E-state index in [1.807, 2.05) is 49.4 Å². The van der Waals surface area contributed by atoms with Crippen molar-refractivity contribution < 1.29 is 13.9 Å². The Labute approximate surface area is 141 Å². The van der Waals surface area contributed by atoms with Gasteiger partial charge in [0.1, 0.15) is 29.6 Å². The Morgan fingerprint density at radius 1 is 1.12 bits per heavy atom. The highest BCUT2D eigenvalue weighted by Gasteiger charge is 2.14. The van der Waals surface area contributed by atoms with Crippen molar-refractivity contribution in [3.05, 3.63) is 65.5 Å². The number of fused-ring (bicyclic) bond motifs is 1. The van der Waals surface area contributed by atoms with E-state index in [9.17, 15) is 0 Å². The monoisotopic (exact) mass is 321 g/mol. The van der Waals surface area contributed by atoms with Crippen molar-refractivity contribution in [3.8, 4) is 23.0 Å². The maximum atomic E-state index is 5.89. The first-order valence-corrected chi connectivity index (χ1v) is 8.20. The van der Waals surface area contributed by atoms with Crippen LogP contribution in [0, 0.1) is 6.92 Å². The molecule has 0 atom stereocenters. The zero-order valence-electron chi connectivity index (χ0n) is 13.6. The number of aryl methyl sites for hydroxylation is 2. The summed E-state index contributed by atoms with van der Waals surface area (Å²) >= 11 is 0. The minimum Gasteiger partial charge on any atom is -0.493 e. The number of hydrogen-bond donors (Lipinski definition) is 0. The molecule has 0 aliphatic carbocycles. The fourth-order valence-corrected chi connectivity index (χ4v) is 2.83. The van der Waals surface area contributed by atoms with Crippen molar-refractivity contribution in [1.82, 2.24) is 4.98 Å². The van der Waals surface area contributed by atoms with Gasteiger partial charge in [0.05, 0.1) is 6.61 Å². The topological polar surface area (TPSA) is 44.5 Å². The normalized spacial score (nSPS) is 13.2. The lowest BCUT2D eigenvalue weighted by atomic mass is 10.1. The van der Waals surface area contributed by atoms with Crippen molar-refractivity contribution >= 4 is 0 Å². The summed E-state index contributed by atoms with van der Waals surface area (Å²) in [4.78, 5) is 4.56. The minimum absolute atomic E-state index is 0.376. The van der Waals surface area contributed by atoms with Crippen molar-refractivity contribution in [2.75, 3.05) is 6.61 Å². The molecule has 0 bridgehead atoms. The number of benzene rings is 2. The lowest BCUT2D eigenvalue weighted by molar-refractivity contribution is 0.276. The molecule has 1 aliphatic heterocycles. The second-order valence-electron chi connectivity index (χ2n) is 5.90. The van der Waals surface area contributed by atoms with E-state index in [1.54, 1.807) is 0 Å². The molecule has 1 aliphatic rings. The molecular weight excluding hydrogens is 302 g/mol. The van der Waals surface area contributed by atoms with Crippen LogP contribution in [0.1, 0.15) is 23.4 Å². The third-order valence-electron chi connectivity index (χ3n) is 4.18. The predicted molar refractivity (Wildman–Crippen MR) is 91.3 cm³/mol. The summed E-state index contributed by atoms with van der Waals surface area (Å²) in [5.74, 6) is 3.13. The van der Waals surface area contributed by atoms with Crippen LogP contribution < -0.4 is 9.47 Å². The van der Waals surface area contributed by atoms with Gasteiger partial charge in [-0.15, -0.1) is 0 Å². The molecule has 1 aromatic heterocycles. The summed E-state index contributed by atoms with van der Waals surface area (Å²) in [6, 6.07) is 15.9. The minimum atomic E-state index is 0.376. The second kappa shape index (κ2) is 6.40. The van der Waals surface area contributed by atoms with Crippen LogP contribution in [0.4, 0.5) is 0 Å². The summed E-state index contributed by atoms with van der Waals surface area (Å²) in [6.45, 7) is 3.06. The van der Waals surface area contributed by atoms with Crippen LogP contribution in [-0.4, -0.2) is 11.6 Å². The molecule has 0 N–H and O–H groups in total. The van der Waals surface area contributed by atoms with Crippen LogP contribution in [0.5, 0.6) is 11.5 Å². The van der Waals surface area contributed by atoms with E-state index in [4.69, 9.17) is 13.9 Å². The van der Waals surface area contributed by atoms with Gasteiger partial charge in [-0.3, -0.25) is 0 Å². The summed E-state index contributed by atoms with van der Waals surface area (Å²) < 4.78 is 17.3. The largest absolute Gasteiger partial charge is 0.493 e. The molecule has 122 valence electrons. The summed E-state index contributed by atoms with van der Waals surface area (Å²) in [5.41, 5.74) is 3.03. The third-order valence-corrected chi connectivity index (χ3v) is 4.18. The van der Waals surface area contributed by atoms with E-state index >= 15 is 0 Å². The number of oxazole rings is 1. The van der Waals surface area contributed by atoms with Gasteiger partial charge in [-0.1, -0.05) is 24.3 Å². The van der Waals surface area contributed by atoms with Gasteiger partial charge in [-0.05, 0) is 43.5 Å². The summed E-state index contributed by atoms with van der Waals surface area (Å²) in [6.07, 6.45) is 2.14. The van der Waals surface area contributed by atoms with Crippen molar-refractivity contribution in [2.45, 2.75) is 26.4 Å². The van der Waals surface area contributed by atoms with Gasteiger partial charge in [0, 0.05) is 11.6 Å². The Balaban J connectivity index is 1.49. The van der Waals surface area contributed by atoms with E-state index in [-0.39, 0.29) is 0 Å². The number of ether oxygens (including phenoxy) is 2. The standard InChI is InChI=1S/C20H19NO3/c1-14-18(21-20(24-14)16-6-3-2-4-7-16)13-23-17-10-9-15-8-5-11-22-19(15)12-17/h2-4,6-7,9-10,12H,5,8,11,13H2,1H3. The van der Waals surface area contributed by atoms with Crippen LogP contribution in [0.15, 0.2) is 52.9 Å². The lowest BCUT2D eigenvalue weighted by Gasteiger charge is -2.17. The first kappa shape index (κ1) is 14.8. The Bertz CT molecular complexity index is 839. The molecule has 0 saturated carbocycles.